The van der Waals surface area contributed by atoms with Gasteiger partial charge in [0.1, 0.15) is 11.5 Å². The van der Waals surface area contributed by atoms with Crippen molar-refractivity contribution in [2.75, 3.05) is 5.32 Å². The van der Waals surface area contributed by atoms with E-state index in [0.717, 1.165) is 42.2 Å². The van der Waals surface area contributed by atoms with Crippen LogP contribution in [0.15, 0.2) is 33.8 Å². The van der Waals surface area contributed by atoms with Crippen LogP contribution in [0.4, 0.5) is 11.8 Å². The summed E-state index contributed by atoms with van der Waals surface area (Å²) in [6.45, 7) is 3.91. The SMILES string of the molecule is Cc1ccc(Nc2ncc3c(C)c(Br)c(=O)n(C4CCCC4)c3n2)nc1. The van der Waals surface area contributed by atoms with Crippen LogP contribution in [0, 0.1) is 13.8 Å². The third kappa shape index (κ3) is 3.00. The third-order valence-electron chi connectivity index (χ3n) is 4.98. The molecule has 1 aliphatic carbocycles. The molecule has 1 fully saturated rings. The van der Waals surface area contributed by atoms with Gasteiger partial charge in [-0.15, -0.1) is 0 Å². The predicted molar refractivity (Wildman–Crippen MR) is 106 cm³/mol. The Hall–Kier alpha value is -2.28. The summed E-state index contributed by atoms with van der Waals surface area (Å²) >= 11 is 3.46. The Bertz CT molecular complexity index is 1020. The largest absolute Gasteiger partial charge is 0.309 e. The van der Waals surface area contributed by atoms with E-state index in [1.807, 2.05) is 30.5 Å². The number of nitrogens with zero attached hydrogens (tertiary/aromatic N) is 4. The molecular formula is C19H20BrN5O. The first kappa shape index (κ1) is 17.1. The number of anilines is 2. The maximum atomic E-state index is 12.9. The first-order valence-electron chi connectivity index (χ1n) is 8.81. The molecule has 0 aromatic carbocycles. The van der Waals surface area contributed by atoms with Gasteiger partial charge in [0.25, 0.3) is 5.56 Å². The van der Waals surface area contributed by atoms with E-state index >= 15 is 0 Å². The van der Waals surface area contributed by atoms with Crippen LogP contribution in [0.3, 0.4) is 0 Å². The number of pyridine rings is 2. The molecule has 4 rings (SSSR count). The number of fused-ring (bicyclic) bond motifs is 1. The number of nitrogens with one attached hydrogen (secondary N) is 1. The van der Waals surface area contributed by atoms with E-state index in [2.05, 4.69) is 36.2 Å². The monoisotopic (exact) mass is 413 g/mol. The summed E-state index contributed by atoms with van der Waals surface area (Å²) in [5.74, 6) is 1.13. The number of halogens is 1. The molecule has 0 unspecified atom stereocenters. The van der Waals surface area contributed by atoms with E-state index in [1.165, 1.54) is 0 Å². The second-order valence-electron chi connectivity index (χ2n) is 6.83. The summed E-state index contributed by atoms with van der Waals surface area (Å²) in [5, 5.41) is 4.03. The van der Waals surface area contributed by atoms with Crippen LogP contribution < -0.4 is 10.9 Å². The quantitative estimate of drug-likeness (QED) is 0.687. The zero-order valence-corrected chi connectivity index (χ0v) is 16.4. The van der Waals surface area contributed by atoms with Crippen molar-refractivity contribution in [3.05, 3.63) is 50.5 Å². The number of hydrogen-bond donors (Lipinski definition) is 1. The smallest absolute Gasteiger partial charge is 0.267 e. The maximum Gasteiger partial charge on any atom is 0.267 e. The molecule has 0 radical (unpaired) electrons. The number of aryl methyl sites for hydroxylation is 2. The average molecular weight is 414 g/mol. The molecule has 0 aliphatic heterocycles. The van der Waals surface area contributed by atoms with Gasteiger partial charge in [0.2, 0.25) is 5.95 Å². The van der Waals surface area contributed by atoms with Crippen molar-refractivity contribution < 1.29 is 0 Å². The lowest BCUT2D eigenvalue weighted by atomic mass is 10.1. The van der Waals surface area contributed by atoms with Gasteiger partial charge < -0.3 is 5.32 Å². The fourth-order valence-electron chi connectivity index (χ4n) is 3.52. The topological polar surface area (TPSA) is 72.7 Å². The van der Waals surface area contributed by atoms with Crippen LogP contribution in [-0.4, -0.2) is 19.5 Å². The summed E-state index contributed by atoms with van der Waals surface area (Å²) in [6, 6.07) is 4.06. The third-order valence-corrected chi connectivity index (χ3v) is 5.91. The van der Waals surface area contributed by atoms with Gasteiger partial charge in [0.15, 0.2) is 0 Å². The first-order chi connectivity index (χ1) is 12.5. The summed E-state index contributed by atoms with van der Waals surface area (Å²) in [6.07, 6.45) is 7.89. The molecule has 26 heavy (non-hydrogen) atoms. The first-order valence-corrected chi connectivity index (χ1v) is 9.61. The van der Waals surface area contributed by atoms with Gasteiger partial charge in [-0.05, 0) is 59.8 Å². The normalized spacial score (nSPS) is 14.9. The zero-order valence-electron chi connectivity index (χ0n) is 14.8. The van der Waals surface area contributed by atoms with Crippen molar-refractivity contribution in [2.24, 2.45) is 0 Å². The standard InChI is InChI=1S/C19H20BrN5O/c1-11-7-8-15(21-9-11)23-19-22-10-14-12(2)16(20)18(26)25(17(14)24-19)13-5-3-4-6-13/h7-10,13H,3-6H2,1-2H3,(H,21,22,23,24). The molecular weight excluding hydrogens is 394 g/mol. The van der Waals surface area contributed by atoms with E-state index in [4.69, 9.17) is 0 Å². The Morgan fingerprint density at radius 3 is 2.62 bits per heavy atom. The molecule has 1 N–H and O–H groups in total. The molecule has 7 heteroatoms. The number of aromatic nitrogens is 4. The van der Waals surface area contributed by atoms with Crippen LogP contribution >= 0.6 is 15.9 Å². The lowest BCUT2D eigenvalue weighted by molar-refractivity contribution is 0.514. The molecule has 3 aromatic heterocycles. The van der Waals surface area contributed by atoms with Crippen molar-refractivity contribution in [1.29, 1.82) is 0 Å². The minimum atomic E-state index is -0.0139. The van der Waals surface area contributed by atoms with Crippen LogP contribution in [0.2, 0.25) is 0 Å². The highest BCUT2D eigenvalue weighted by Gasteiger charge is 2.23. The maximum absolute atomic E-state index is 12.9. The molecule has 0 saturated heterocycles. The van der Waals surface area contributed by atoms with E-state index in [9.17, 15) is 4.79 Å². The molecule has 0 amide bonds. The fourth-order valence-corrected chi connectivity index (χ4v) is 3.92. The lowest BCUT2D eigenvalue weighted by Crippen LogP contribution is -2.26. The van der Waals surface area contributed by atoms with E-state index in [0.29, 0.717) is 21.9 Å². The molecule has 6 nitrogen and oxygen atoms in total. The lowest BCUT2D eigenvalue weighted by Gasteiger charge is -2.18. The molecule has 1 aliphatic rings. The number of rotatable bonds is 3. The highest BCUT2D eigenvalue weighted by Crippen LogP contribution is 2.32. The van der Waals surface area contributed by atoms with Gasteiger partial charge in [0.05, 0.1) is 4.47 Å². The second-order valence-corrected chi connectivity index (χ2v) is 7.62. The van der Waals surface area contributed by atoms with Gasteiger partial charge >= 0.3 is 0 Å². The molecule has 1 saturated carbocycles. The minimum absolute atomic E-state index is 0.0139. The Morgan fingerprint density at radius 1 is 1.15 bits per heavy atom. The van der Waals surface area contributed by atoms with Crippen LogP contribution in [0.1, 0.15) is 42.9 Å². The van der Waals surface area contributed by atoms with Crippen LogP contribution in [0.25, 0.3) is 11.0 Å². The number of hydrogen-bond acceptors (Lipinski definition) is 5. The highest BCUT2D eigenvalue weighted by atomic mass is 79.9. The molecule has 3 aromatic rings. The summed E-state index contributed by atoms with van der Waals surface area (Å²) in [4.78, 5) is 26.4. The van der Waals surface area contributed by atoms with Crippen molar-refractivity contribution in [1.82, 2.24) is 19.5 Å². The Kier molecular flexibility index (Phi) is 4.48. The fraction of sp³-hybridized carbons (Fsp3) is 0.368. The Morgan fingerprint density at radius 2 is 1.92 bits per heavy atom. The van der Waals surface area contributed by atoms with Crippen molar-refractivity contribution in [3.8, 4) is 0 Å². The second kappa shape index (κ2) is 6.79. The van der Waals surface area contributed by atoms with Crippen LogP contribution in [-0.2, 0) is 0 Å². The van der Waals surface area contributed by atoms with Crippen molar-refractivity contribution >= 4 is 38.7 Å². The van der Waals surface area contributed by atoms with E-state index in [-0.39, 0.29) is 11.6 Å². The molecule has 3 heterocycles. The minimum Gasteiger partial charge on any atom is -0.309 e. The van der Waals surface area contributed by atoms with Crippen molar-refractivity contribution in [3.63, 3.8) is 0 Å². The molecule has 134 valence electrons. The zero-order chi connectivity index (χ0) is 18.3. The summed E-state index contributed by atoms with van der Waals surface area (Å²) < 4.78 is 2.44. The Labute approximate surface area is 159 Å². The van der Waals surface area contributed by atoms with Gasteiger partial charge in [-0.3, -0.25) is 9.36 Å². The van der Waals surface area contributed by atoms with Gasteiger partial charge in [0, 0.05) is 23.8 Å². The van der Waals surface area contributed by atoms with Gasteiger partial charge in [-0.25, -0.2) is 9.97 Å². The van der Waals surface area contributed by atoms with Crippen LogP contribution in [0.5, 0.6) is 0 Å². The molecule has 0 spiro atoms. The predicted octanol–water partition coefficient (Wildman–Crippen LogP) is 4.42. The van der Waals surface area contributed by atoms with Gasteiger partial charge in [-0.2, -0.15) is 4.98 Å². The van der Waals surface area contributed by atoms with E-state index < -0.39 is 0 Å². The van der Waals surface area contributed by atoms with Gasteiger partial charge in [-0.1, -0.05) is 18.9 Å². The highest BCUT2D eigenvalue weighted by molar-refractivity contribution is 9.10. The average Bonchev–Trinajstić information content (AvgIpc) is 3.16. The van der Waals surface area contributed by atoms with Crippen molar-refractivity contribution in [2.45, 2.75) is 45.6 Å². The molecule has 0 bridgehead atoms. The molecule has 0 atom stereocenters. The summed E-state index contributed by atoms with van der Waals surface area (Å²) in [5.41, 5.74) is 2.64. The Balaban J connectivity index is 1.85. The van der Waals surface area contributed by atoms with E-state index in [1.54, 1.807) is 12.4 Å². The summed E-state index contributed by atoms with van der Waals surface area (Å²) in [7, 11) is 0.